The van der Waals surface area contributed by atoms with Gasteiger partial charge >= 0.3 is 0 Å². The molecule has 2 atom stereocenters. The standard InChI is InChI=1S/C16H28N4/c1-5-7-17-10-15-11-18-16(19-14(15)4)20-8-6-12(2)9-13(20)3/h11-13,17H,5-10H2,1-4H3. The van der Waals surface area contributed by atoms with E-state index in [9.17, 15) is 0 Å². The van der Waals surface area contributed by atoms with E-state index >= 15 is 0 Å². The summed E-state index contributed by atoms with van der Waals surface area (Å²) >= 11 is 0. The van der Waals surface area contributed by atoms with Gasteiger partial charge in [0, 0.05) is 36.6 Å². The van der Waals surface area contributed by atoms with Crippen molar-refractivity contribution in [2.24, 2.45) is 5.92 Å². The van der Waals surface area contributed by atoms with Crippen LogP contribution in [0.15, 0.2) is 6.20 Å². The van der Waals surface area contributed by atoms with Crippen molar-refractivity contribution in [2.45, 2.75) is 59.5 Å². The lowest BCUT2D eigenvalue weighted by Crippen LogP contribution is -2.41. The van der Waals surface area contributed by atoms with Crippen molar-refractivity contribution in [3.63, 3.8) is 0 Å². The van der Waals surface area contributed by atoms with E-state index in [0.717, 1.165) is 43.6 Å². The Kier molecular flexibility index (Phi) is 5.35. The molecule has 0 bridgehead atoms. The largest absolute Gasteiger partial charge is 0.338 e. The molecule has 1 aliphatic heterocycles. The van der Waals surface area contributed by atoms with E-state index in [1.807, 2.05) is 6.20 Å². The lowest BCUT2D eigenvalue weighted by molar-refractivity contribution is 0.373. The molecular formula is C16H28N4. The molecule has 4 nitrogen and oxygen atoms in total. The van der Waals surface area contributed by atoms with Gasteiger partial charge in [0.05, 0.1) is 0 Å². The van der Waals surface area contributed by atoms with Gasteiger partial charge in [-0.25, -0.2) is 9.97 Å². The number of piperidine rings is 1. The number of anilines is 1. The van der Waals surface area contributed by atoms with Crippen molar-refractivity contribution in [2.75, 3.05) is 18.0 Å². The quantitative estimate of drug-likeness (QED) is 0.840. The van der Waals surface area contributed by atoms with Crippen molar-refractivity contribution >= 4 is 5.95 Å². The monoisotopic (exact) mass is 276 g/mol. The molecule has 0 radical (unpaired) electrons. The molecule has 0 saturated carbocycles. The maximum Gasteiger partial charge on any atom is 0.225 e. The Morgan fingerprint density at radius 3 is 2.85 bits per heavy atom. The van der Waals surface area contributed by atoms with Gasteiger partial charge < -0.3 is 10.2 Å². The minimum absolute atomic E-state index is 0.544. The Morgan fingerprint density at radius 2 is 2.20 bits per heavy atom. The van der Waals surface area contributed by atoms with Gasteiger partial charge in [0.25, 0.3) is 0 Å². The van der Waals surface area contributed by atoms with Crippen LogP contribution in [0.3, 0.4) is 0 Å². The molecule has 112 valence electrons. The minimum atomic E-state index is 0.544. The van der Waals surface area contributed by atoms with Gasteiger partial charge in [-0.15, -0.1) is 0 Å². The molecule has 1 aromatic rings. The Balaban J connectivity index is 2.04. The minimum Gasteiger partial charge on any atom is -0.338 e. The second kappa shape index (κ2) is 7.02. The molecule has 1 aliphatic rings. The number of aromatic nitrogens is 2. The maximum absolute atomic E-state index is 4.73. The summed E-state index contributed by atoms with van der Waals surface area (Å²) in [5.74, 6) is 1.72. The number of hydrogen-bond acceptors (Lipinski definition) is 4. The number of aryl methyl sites for hydroxylation is 1. The molecule has 0 aliphatic carbocycles. The van der Waals surface area contributed by atoms with E-state index in [1.165, 1.54) is 18.4 Å². The van der Waals surface area contributed by atoms with Crippen LogP contribution in [-0.2, 0) is 6.54 Å². The van der Waals surface area contributed by atoms with Crippen LogP contribution in [-0.4, -0.2) is 29.1 Å². The SMILES string of the molecule is CCCNCc1cnc(N2CCC(C)CC2C)nc1C. The molecule has 1 fully saturated rings. The number of rotatable bonds is 5. The molecule has 4 heteroatoms. The van der Waals surface area contributed by atoms with Crippen LogP contribution in [0, 0.1) is 12.8 Å². The van der Waals surface area contributed by atoms with E-state index in [-0.39, 0.29) is 0 Å². The van der Waals surface area contributed by atoms with Gasteiger partial charge in [-0.3, -0.25) is 0 Å². The van der Waals surface area contributed by atoms with Crippen LogP contribution >= 0.6 is 0 Å². The van der Waals surface area contributed by atoms with E-state index in [0.29, 0.717) is 6.04 Å². The normalized spacial score (nSPS) is 23.1. The van der Waals surface area contributed by atoms with Crippen LogP contribution in [0.5, 0.6) is 0 Å². The predicted molar refractivity (Wildman–Crippen MR) is 84.0 cm³/mol. The number of hydrogen-bond donors (Lipinski definition) is 1. The highest BCUT2D eigenvalue weighted by Crippen LogP contribution is 2.25. The van der Waals surface area contributed by atoms with Gasteiger partial charge in [-0.1, -0.05) is 13.8 Å². The summed E-state index contributed by atoms with van der Waals surface area (Å²) in [6.07, 6.45) is 5.63. The van der Waals surface area contributed by atoms with E-state index in [4.69, 9.17) is 4.98 Å². The molecule has 0 amide bonds. The van der Waals surface area contributed by atoms with Crippen molar-refractivity contribution in [1.82, 2.24) is 15.3 Å². The molecule has 1 saturated heterocycles. The van der Waals surface area contributed by atoms with Crippen molar-refractivity contribution in [1.29, 1.82) is 0 Å². The van der Waals surface area contributed by atoms with Gasteiger partial charge in [0.2, 0.25) is 5.95 Å². The Bertz CT molecular complexity index is 432. The fourth-order valence-corrected chi connectivity index (χ4v) is 2.90. The molecule has 2 unspecified atom stereocenters. The van der Waals surface area contributed by atoms with Crippen molar-refractivity contribution in [3.05, 3.63) is 17.5 Å². The summed E-state index contributed by atoms with van der Waals surface area (Å²) in [5.41, 5.74) is 2.31. The average molecular weight is 276 g/mol. The fraction of sp³-hybridized carbons (Fsp3) is 0.750. The van der Waals surface area contributed by atoms with E-state index in [1.54, 1.807) is 0 Å². The summed E-state index contributed by atoms with van der Waals surface area (Å²) in [4.78, 5) is 11.7. The second-order valence-electron chi connectivity index (χ2n) is 6.13. The predicted octanol–water partition coefficient (Wildman–Crippen LogP) is 2.91. The van der Waals surface area contributed by atoms with Crippen LogP contribution in [0.2, 0.25) is 0 Å². The first-order chi connectivity index (χ1) is 9.61. The van der Waals surface area contributed by atoms with Crippen LogP contribution in [0.4, 0.5) is 5.95 Å². The number of nitrogens with zero attached hydrogens (tertiary/aromatic N) is 3. The van der Waals surface area contributed by atoms with Gasteiger partial charge in [0.1, 0.15) is 0 Å². The summed E-state index contributed by atoms with van der Waals surface area (Å²) in [6.45, 7) is 11.9. The van der Waals surface area contributed by atoms with Gasteiger partial charge in [-0.2, -0.15) is 0 Å². The molecular weight excluding hydrogens is 248 g/mol. The Labute approximate surface area is 123 Å². The zero-order valence-electron chi connectivity index (χ0n) is 13.3. The highest BCUT2D eigenvalue weighted by molar-refractivity contribution is 5.35. The lowest BCUT2D eigenvalue weighted by Gasteiger charge is -2.36. The molecule has 2 rings (SSSR count). The molecule has 2 heterocycles. The summed E-state index contributed by atoms with van der Waals surface area (Å²) in [7, 11) is 0. The van der Waals surface area contributed by atoms with Gasteiger partial charge in [-0.05, 0) is 45.6 Å². The average Bonchev–Trinajstić information content (AvgIpc) is 2.41. The van der Waals surface area contributed by atoms with Crippen LogP contribution in [0.1, 0.15) is 51.3 Å². The Morgan fingerprint density at radius 1 is 1.40 bits per heavy atom. The highest BCUT2D eigenvalue weighted by atomic mass is 15.3. The molecule has 1 N–H and O–H groups in total. The van der Waals surface area contributed by atoms with E-state index < -0.39 is 0 Å². The highest BCUT2D eigenvalue weighted by Gasteiger charge is 2.24. The maximum atomic E-state index is 4.73. The molecule has 0 aromatic carbocycles. The Hall–Kier alpha value is -1.16. The molecule has 1 aromatic heterocycles. The smallest absolute Gasteiger partial charge is 0.225 e. The summed E-state index contributed by atoms with van der Waals surface area (Å²) in [5, 5.41) is 3.41. The summed E-state index contributed by atoms with van der Waals surface area (Å²) < 4.78 is 0. The van der Waals surface area contributed by atoms with Crippen molar-refractivity contribution in [3.8, 4) is 0 Å². The zero-order valence-corrected chi connectivity index (χ0v) is 13.3. The van der Waals surface area contributed by atoms with Gasteiger partial charge in [0.15, 0.2) is 0 Å². The third-order valence-electron chi connectivity index (χ3n) is 4.21. The lowest BCUT2D eigenvalue weighted by atomic mass is 9.94. The fourth-order valence-electron chi connectivity index (χ4n) is 2.90. The third kappa shape index (κ3) is 3.69. The first-order valence-electron chi connectivity index (χ1n) is 7.91. The van der Waals surface area contributed by atoms with Crippen LogP contribution in [0.25, 0.3) is 0 Å². The van der Waals surface area contributed by atoms with Crippen molar-refractivity contribution < 1.29 is 0 Å². The van der Waals surface area contributed by atoms with Crippen LogP contribution < -0.4 is 10.2 Å². The molecule has 0 spiro atoms. The second-order valence-corrected chi connectivity index (χ2v) is 6.13. The topological polar surface area (TPSA) is 41.1 Å². The molecule has 20 heavy (non-hydrogen) atoms. The third-order valence-corrected chi connectivity index (χ3v) is 4.21. The first kappa shape index (κ1) is 15.2. The number of nitrogens with one attached hydrogen (secondary N) is 1. The zero-order chi connectivity index (χ0) is 14.5. The first-order valence-corrected chi connectivity index (χ1v) is 7.91. The summed E-state index contributed by atoms with van der Waals surface area (Å²) in [6, 6.07) is 0.544. The van der Waals surface area contributed by atoms with E-state index in [2.05, 4.69) is 42.9 Å².